The smallest absolute Gasteiger partial charge is 0.227 e. The Morgan fingerprint density at radius 2 is 1.93 bits per heavy atom. The molecule has 2 aromatic rings. The van der Waals surface area contributed by atoms with E-state index in [1.54, 1.807) is 4.90 Å². The molecule has 1 N–H and O–H groups in total. The minimum Gasteiger partial charge on any atom is -0.486 e. The van der Waals surface area contributed by atoms with Gasteiger partial charge in [-0.15, -0.1) is 0 Å². The van der Waals surface area contributed by atoms with Gasteiger partial charge >= 0.3 is 0 Å². The number of ether oxygens (including phenoxy) is 2. The molecule has 6 heteroatoms. The zero-order valence-corrected chi connectivity index (χ0v) is 15.1. The second-order valence-corrected chi connectivity index (χ2v) is 6.73. The van der Waals surface area contributed by atoms with Crippen LogP contribution in [0.2, 0.25) is 0 Å². The van der Waals surface area contributed by atoms with Gasteiger partial charge in [0.05, 0.1) is 0 Å². The number of rotatable bonds is 5. The van der Waals surface area contributed by atoms with Crippen molar-refractivity contribution in [1.29, 1.82) is 0 Å². The number of hydrogen-bond donors (Lipinski definition) is 1. The summed E-state index contributed by atoms with van der Waals surface area (Å²) in [6.45, 7) is 1.85. The van der Waals surface area contributed by atoms with Crippen LogP contribution in [0.25, 0.3) is 0 Å². The maximum Gasteiger partial charge on any atom is 0.227 e. The van der Waals surface area contributed by atoms with E-state index in [0.29, 0.717) is 38.2 Å². The molecule has 0 unspecified atom stereocenters. The van der Waals surface area contributed by atoms with Crippen molar-refractivity contribution in [3.8, 4) is 11.5 Å². The molecule has 2 aromatic carbocycles. The number of carbonyl (C=O) groups excluding carboxylic acids is 2. The molecular weight excluding hydrogens is 344 g/mol. The highest BCUT2D eigenvalue weighted by Crippen LogP contribution is 2.31. The fourth-order valence-electron chi connectivity index (χ4n) is 3.40. The van der Waals surface area contributed by atoms with Crippen molar-refractivity contribution < 1.29 is 19.1 Å². The van der Waals surface area contributed by atoms with Crippen molar-refractivity contribution in [2.24, 2.45) is 0 Å². The minimum absolute atomic E-state index is 0.0604. The minimum atomic E-state index is -0.0604. The Bertz CT molecular complexity index is 865. The van der Waals surface area contributed by atoms with Crippen LogP contribution in [0.1, 0.15) is 24.8 Å². The highest BCUT2D eigenvalue weighted by molar-refractivity contribution is 5.97. The summed E-state index contributed by atoms with van der Waals surface area (Å²) < 4.78 is 11.1. The average molecular weight is 366 g/mol. The summed E-state index contributed by atoms with van der Waals surface area (Å²) in [5, 5.41) is 2.92. The lowest BCUT2D eigenvalue weighted by Gasteiger charge is -2.19. The third-order valence-corrected chi connectivity index (χ3v) is 4.76. The van der Waals surface area contributed by atoms with Gasteiger partial charge in [-0.3, -0.25) is 9.59 Å². The van der Waals surface area contributed by atoms with Crippen LogP contribution in [0.5, 0.6) is 11.5 Å². The molecule has 1 saturated heterocycles. The van der Waals surface area contributed by atoms with Gasteiger partial charge in [0.15, 0.2) is 11.5 Å². The van der Waals surface area contributed by atoms with Crippen LogP contribution >= 0.6 is 0 Å². The van der Waals surface area contributed by atoms with Crippen LogP contribution in [-0.2, 0) is 16.0 Å². The van der Waals surface area contributed by atoms with Gasteiger partial charge in [0, 0.05) is 30.8 Å². The van der Waals surface area contributed by atoms with Crippen molar-refractivity contribution in [1.82, 2.24) is 0 Å². The molecule has 2 heterocycles. The summed E-state index contributed by atoms with van der Waals surface area (Å²) in [4.78, 5) is 26.0. The van der Waals surface area contributed by atoms with Crippen molar-refractivity contribution in [3.05, 3.63) is 48.0 Å². The normalized spacial score (nSPS) is 15.7. The van der Waals surface area contributed by atoms with E-state index in [0.717, 1.165) is 35.7 Å². The lowest BCUT2D eigenvalue weighted by Crippen LogP contribution is -2.23. The second kappa shape index (κ2) is 7.70. The quantitative estimate of drug-likeness (QED) is 0.883. The molecule has 2 aliphatic rings. The fraction of sp³-hybridized carbons (Fsp3) is 0.333. The molecule has 0 aromatic heterocycles. The Morgan fingerprint density at radius 1 is 1.07 bits per heavy atom. The van der Waals surface area contributed by atoms with E-state index in [4.69, 9.17) is 9.47 Å². The first kappa shape index (κ1) is 17.4. The summed E-state index contributed by atoms with van der Waals surface area (Å²) in [6, 6.07) is 13.2. The molecule has 2 aliphatic heterocycles. The third-order valence-electron chi connectivity index (χ3n) is 4.76. The number of nitrogens with zero attached hydrogens (tertiary/aromatic N) is 1. The monoisotopic (exact) mass is 366 g/mol. The average Bonchev–Trinajstić information content (AvgIpc) is 3.12. The molecule has 1 fully saturated rings. The SMILES string of the molecule is O=C(CCc1ccc2c(c1)OCCO2)Nc1cccc(N2CCCC2=O)c1. The molecule has 0 saturated carbocycles. The maximum absolute atomic E-state index is 12.3. The van der Waals surface area contributed by atoms with E-state index in [1.807, 2.05) is 42.5 Å². The third kappa shape index (κ3) is 4.05. The van der Waals surface area contributed by atoms with Crippen LogP contribution < -0.4 is 19.7 Å². The Kier molecular flexibility index (Phi) is 4.96. The predicted octanol–water partition coefficient (Wildman–Crippen LogP) is 3.16. The Morgan fingerprint density at radius 3 is 2.74 bits per heavy atom. The zero-order chi connectivity index (χ0) is 18.6. The first-order valence-corrected chi connectivity index (χ1v) is 9.28. The van der Waals surface area contributed by atoms with Gasteiger partial charge < -0.3 is 19.7 Å². The molecule has 0 spiro atoms. The second-order valence-electron chi connectivity index (χ2n) is 6.73. The number of benzene rings is 2. The van der Waals surface area contributed by atoms with Crippen LogP contribution in [0, 0.1) is 0 Å². The van der Waals surface area contributed by atoms with E-state index in [2.05, 4.69) is 5.32 Å². The number of hydrogen-bond acceptors (Lipinski definition) is 4. The highest BCUT2D eigenvalue weighted by Gasteiger charge is 2.21. The van der Waals surface area contributed by atoms with Gasteiger partial charge in [-0.05, 0) is 48.7 Å². The zero-order valence-electron chi connectivity index (χ0n) is 15.1. The largest absolute Gasteiger partial charge is 0.486 e. The molecular formula is C21H22N2O4. The number of amides is 2. The molecule has 0 aliphatic carbocycles. The topological polar surface area (TPSA) is 67.9 Å². The first-order chi connectivity index (χ1) is 13.2. The fourth-order valence-corrected chi connectivity index (χ4v) is 3.40. The Labute approximate surface area is 158 Å². The van der Waals surface area contributed by atoms with Crippen LogP contribution in [0.4, 0.5) is 11.4 Å². The summed E-state index contributed by atoms with van der Waals surface area (Å²) in [5.41, 5.74) is 2.58. The van der Waals surface area contributed by atoms with Gasteiger partial charge in [0.1, 0.15) is 13.2 Å². The highest BCUT2D eigenvalue weighted by atomic mass is 16.6. The van der Waals surface area contributed by atoms with Crippen molar-refractivity contribution in [2.75, 3.05) is 30.0 Å². The van der Waals surface area contributed by atoms with E-state index in [-0.39, 0.29) is 11.8 Å². The van der Waals surface area contributed by atoms with Gasteiger partial charge in [0.25, 0.3) is 0 Å². The first-order valence-electron chi connectivity index (χ1n) is 9.28. The maximum atomic E-state index is 12.3. The Balaban J connectivity index is 1.35. The Hall–Kier alpha value is -3.02. The van der Waals surface area contributed by atoms with Crippen molar-refractivity contribution in [3.63, 3.8) is 0 Å². The van der Waals surface area contributed by atoms with E-state index in [9.17, 15) is 9.59 Å². The number of nitrogens with one attached hydrogen (secondary N) is 1. The number of aryl methyl sites for hydroxylation is 1. The molecule has 4 rings (SSSR count). The summed E-state index contributed by atoms with van der Waals surface area (Å²) in [6.07, 6.45) is 2.45. The standard InChI is InChI=1S/C21H22N2O4/c24-20(9-7-15-6-8-18-19(13-15)27-12-11-26-18)22-16-3-1-4-17(14-16)23-10-2-5-21(23)25/h1,3-4,6,8,13-14H,2,5,7,9-12H2,(H,22,24). The lowest BCUT2D eigenvalue weighted by molar-refractivity contribution is -0.117. The number of carbonyl (C=O) groups is 2. The van der Waals surface area contributed by atoms with Gasteiger partial charge in [-0.1, -0.05) is 12.1 Å². The molecule has 0 radical (unpaired) electrons. The van der Waals surface area contributed by atoms with Gasteiger partial charge in [0.2, 0.25) is 11.8 Å². The molecule has 0 atom stereocenters. The predicted molar refractivity (Wildman–Crippen MR) is 102 cm³/mol. The van der Waals surface area contributed by atoms with Crippen LogP contribution in [-0.4, -0.2) is 31.6 Å². The number of fused-ring (bicyclic) bond motifs is 1. The lowest BCUT2D eigenvalue weighted by atomic mass is 10.1. The van der Waals surface area contributed by atoms with Crippen molar-refractivity contribution >= 4 is 23.2 Å². The van der Waals surface area contributed by atoms with Gasteiger partial charge in [-0.2, -0.15) is 0 Å². The van der Waals surface area contributed by atoms with E-state index < -0.39 is 0 Å². The molecule has 0 bridgehead atoms. The molecule has 27 heavy (non-hydrogen) atoms. The van der Waals surface area contributed by atoms with Crippen molar-refractivity contribution in [2.45, 2.75) is 25.7 Å². The summed E-state index contributed by atoms with van der Waals surface area (Å²) in [5.74, 6) is 1.57. The molecule has 2 amide bonds. The number of anilines is 2. The van der Waals surface area contributed by atoms with E-state index in [1.165, 1.54) is 0 Å². The summed E-state index contributed by atoms with van der Waals surface area (Å²) in [7, 11) is 0. The molecule has 140 valence electrons. The van der Waals surface area contributed by atoms with Gasteiger partial charge in [-0.25, -0.2) is 0 Å². The van der Waals surface area contributed by atoms with E-state index >= 15 is 0 Å². The molecule has 6 nitrogen and oxygen atoms in total. The van der Waals surface area contributed by atoms with Crippen LogP contribution in [0.3, 0.4) is 0 Å². The van der Waals surface area contributed by atoms with Crippen LogP contribution in [0.15, 0.2) is 42.5 Å². The summed E-state index contributed by atoms with van der Waals surface area (Å²) >= 11 is 0.